The molecule has 0 saturated carbocycles. The quantitative estimate of drug-likeness (QED) is 0.616. The molecular formula is C29H32N4O3. The first kappa shape index (κ1) is 23.0. The summed E-state index contributed by atoms with van der Waals surface area (Å²) in [4.78, 5) is 42.4. The van der Waals surface area contributed by atoms with Crippen molar-refractivity contribution in [2.45, 2.75) is 44.7 Å². The van der Waals surface area contributed by atoms with Crippen LogP contribution in [0.25, 0.3) is 10.8 Å². The van der Waals surface area contributed by atoms with Crippen LogP contribution in [0.15, 0.2) is 59.4 Å². The predicted octanol–water partition coefficient (Wildman–Crippen LogP) is 3.68. The van der Waals surface area contributed by atoms with Crippen molar-refractivity contribution in [2.24, 2.45) is 5.92 Å². The van der Waals surface area contributed by atoms with Crippen molar-refractivity contribution in [3.63, 3.8) is 0 Å². The van der Waals surface area contributed by atoms with Gasteiger partial charge in [-0.3, -0.25) is 19.3 Å². The van der Waals surface area contributed by atoms with Crippen molar-refractivity contribution in [3.8, 4) is 0 Å². The first-order chi connectivity index (χ1) is 17.5. The molecule has 3 aliphatic heterocycles. The monoisotopic (exact) mass is 484 g/mol. The molecule has 1 aromatic heterocycles. The van der Waals surface area contributed by atoms with E-state index in [1.807, 2.05) is 51.9 Å². The van der Waals surface area contributed by atoms with Gasteiger partial charge in [0.15, 0.2) is 0 Å². The minimum atomic E-state index is -0.159. The third kappa shape index (κ3) is 4.22. The minimum absolute atomic E-state index is 0.00613. The van der Waals surface area contributed by atoms with Gasteiger partial charge in [-0.1, -0.05) is 30.3 Å². The van der Waals surface area contributed by atoms with E-state index < -0.39 is 0 Å². The lowest BCUT2D eigenvalue weighted by Crippen LogP contribution is -2.53. The summed E-state index contributed by atoms with van der Waals surface area (Å²) in [5, 5.41) is 5.26. The molecule has 186 valence electrons. The fraction of sp³-hybridized carbons (Fsp3) is 0.414. The highest BCUT2D eigenvalue weighted by Crippen LogP contribution is 2.40. The van der Waals surface area contributed by atoms with E-state index >= 15 is 0 Å². The van der Waals surface area contributed by atoms with Crippen LogP contribution in [-0.2, 0) is 11.3 Å². The fourth-order valence-corrected chi connectivity index (χ4v) is 6.53. The van der Waals surface area contributed by atoms with Gasteiger partial charge in [-0.2, -0.15) is 0 Å². The Balaban J connectivity index is 1.25. The van der Waals surface area contributed by atoms with Crippen molar-refractivity contribution in [2.75, 3.05) is 31.5 Å². The first-order valence-electron chi connectivity index (χ1n) is 13.0. The second-order valence-corrected chi connectivity index (χ2v) is 10.6. The van der Waals surface area contributed by atoms with Gasteiger partial charge in [0, 0.05) is 68.9 Å². The lowest BCUT2D eigenvalue weighted by atomic mass is 9.81. The summed E-state index contributed by atoms with van der Waals surface area (Å²) in [6, 6.07) is 17.6. The Morgan fingerprint density at radius 2 is 1.69 bits per heavy atom. The molecule has 2 atom stereocenters. The van der Waals surface area contributed by atoms with E-state index in [0.717, 1.165) is 67.6 Å². The molecule has 6 rings (SSSR count). The Bertz CT molecular complexity index is 1390. The van der Waals surface area contributed by atoms with Gasteiger partial charge in [-0.15, -0.1) is 0 Å². The molecule has 2 fully saturated rings. The molecule has 7 heteroatoms. The average Bonchev–Trinajstić information content (AvgIpc) is 2.90. The number of benzene rings is 2. The molecule has 2 aromatic carbocycles. The number of hydrogen-bond acceptors (Lipinski definition) is 4. The Labute approximate surface area is 210 Å². The summed E-state index contributed by atoms with van der Waals surface area (Å²) in [6.45, 7) is 5.83. The van der Waals surface area contributed by atoms with Crippen LogP contribution < -0.4 is 10.9 Å². The number of amides is 2. The number of piperidine rings is 2. The van der Waals surface area contributed by atoms with Crippen LogP contribution in [0.2, 0.25) is 0 Å². The lowest BCUT2D eigenvalue weighted by molar-refractivity contribution is -0.130. The third-order valence-corrected chi connectivity index (χ3v) is 8.30. The van der Waals surface area contributed by atoms with E-state index in [1.54, 1.807) is 19.1 Å². The van der Waals surface area contributed by atoms with Gasteiger partial charge in [0.1, 0.15) is 0 Å². The van der Waals surface area contributed by atoms with E-state index in [-0.39, 0.29) is 23.3 Å². The first-order valence-corrected chi connectivity index (χ1v) is 13.0. The number of likely N-dealkylation sites (tertiary alicyclic amines) is 2. The molecule has 0 radical (unpaired) electrons. The molecular weight excluding hydrogens is 452 g/mol. The SMILES string of the molecule is CC(=O)N1CCC(N2CC3CC(C2)c2c(NC(=O)c4ccc5ccccc5c4)ccc(=O)n2C3)CC1. The molecule has 4 heterocycles. The summed E-state index contributed by atoms with van der Waals surface area (Å²) < 4.78 is 1.89. The average molecular weight is 485 g/mol. The Morgan fingerprint density at radius 1 is 0.917 bits per heavy atom. The van der Waals surface area contributed by atoms with Gasteiger partial charge < -0.3 is 14.8 Å². The topological polar surface area (TPSA) is 74.7 Å². The number of anilines is 1. The van der Waals surface area contributed by atoms with E-state index in [0.29, 0.717) is 24.1 Å². The summed E-state index contributed by atoms with van der Waals surface area (Å²) in [5.74, 6) is 0.619. The third-order valence-electron chi connectivity index (χ3n) is 8.30. The number of carbonyl (C=O) groups is 2. The summed E-state index contributed by atoms with van der Waals surface area (Å²) in [7, 11) is 0. The number of nitrogens with one attached hydrogen (secondary N) is 1. The van der Waals surface area contributed by atoms with E-state index in [2.05, 4.69) is 10.2 Å². The lowest BCUT2D eigenvalue weighted by Gasteiger charge is -2.47. The molecule has 2 saturated heterocycles. The smallest absolute Gasteiger partial charge is 0.255 e. The Kier molecular flexibility index (Phi) is 5.88. The van der Waals surface area contributed by atoms with Crippen molar-refractivity contribution in [1.82, 2.24) is 14.4 Å². The Hall–Kier alpha value is -3.45. The molecule has 2 bridgehead atoms. The van der Waals surface area contributed by atoms with Crippen LogP contribution in [-0.4, -0.2) is 58.4 Å². The number of carbonyl (C=O) groups excluding carboxylic acids is 2. The number of hydrogen-bond donors (Lipinski definition) is 1. The van der Waals surface area contributed by atoms with Crippen molar-refractivity contribution < 1.29 is 9.59 Å². The second-order valence-electron chi connectivity index (χ2n) is 10.6. The van der Waals surface area contributed by atoms with Crippen molar-refractivity contribution in [3.05, 3.63) is 76.2 Å². The number of nitrogens with zero attached hydrogens (tertiary/aromatic N) is 3. The van der Waals surface area contributed by atoms with Crippen LogP contribution in [0.3, 0.4) is 0 Å². The van der Waals surface area contributed by atoms with Gasteiger partial charge in [0.25, 0.3) is 11.5 Å². The standard InChI is InChI=1S/C29H32N4O3/c1-19(34)31-12-10-25(11-13-31)32-16-20-14-24(18-32)28-26(8-9-27(35)33(28)17-20)30-29(36)23-7-6-21-4-2-3-5-22(21)15-23/h2-9,15,20,24-25H,10-14,16-18H2,1H3,(H,30,36). The van der Waals surface area contributed by atoms with Crippen LogP contribution in [0.4, 0.5) is 5.69 Å². The Morgan fingerprint density at radius 3 is 2.47 bits per heavy atom. The van der Waals surface area contributed by atoms with Gasteiger partial charge in [-0.25, -0.2) is 0 Å². The molecule has 1 N–H and O–H groups in total. The van der Waals surface area contributed by atoms with Crippen LogP contribution in [0, 0.1) is 5.92 Å². The largest absolute Gasteiger partial charge is 0.343 e. The number of aromatic nitrogens is 1. The minimum Gasteiger partial charge on any atom is -0.343 e. The van der Waals surface area contributed by atoms with E-state index in [1.165, 1.54) is 0 Å². The molecule has 2 unspecified atom stereocenters. The zero-order chi connectivity index (χ0) is 24.8. The van der Waals surface area contributed by atoms with Gasteiger partial charge in [0.05, 0.1) is 5.69 Å². The molecule has 36 heavy (non-hydrogen) atoms. The van der Waals surface area contributed by atoms with Gasteiger partial charge in [-0.05, 0) is 54.2 Å². The highest BCUT2D eigenvalue weighted by atomic mass is 16.2. The molecule has 7 nitrogen and oxygen atoms in total. The normalized spacial score (nSPS) is 22.3. The zero-order valence-electron chi connectivity index (χ0n) is 20.7. The summed E-state index contributed by atoms with van der Waals surface area (Å²) in [5.41, 5.74) is 2.31. The van der Waals surface area contributed by atoms with Gasteiger partial charge in [0.2, 0.25) is 5.91 Å². The maximum absolute atomic E-state index is 13.3. The van der Waals surface area contributed by atoms with Crippen LogP contribution >= 0.6 is 0 Å². The molecule has 3 aliphatic rings. The maximum atomic E-state index is 13.3. The predicted molar refractivity (Wildman–Crippen MR) is 140 cm³/mol. The van der Waals surface area contributed by atoms with Crippen LogP contribution in [0.5, 0.6) is 0 Å². The highest BCUT2D eigenvalue weighted by Gasteiger charge is 2.39. The van der Waals surface area contributed by atoms with Crippen molar-refractivity contribution >= 4 is 28.3 Å². The van der Waals surface area contributed by atoms with Crippen molar-refractivity contribution in [1.29, 1.82) is 0 Å². The molecule has 0 aliphatic carbocycles. The highest BCUT2D eigenvalue weighted by molar-refractivity contribution is 6.06. The molecule has 2 amide bonds. The zero-order valence-corrected chi connectivity index (χ0v) is 20.7. The molecule has 0 spiro atoms. The summed E-state index contributed by atoms with van der Waals surface area (Å²) >= 11 is 0. The maximum Gasteiger partial charge on any atom is 0.255 e. The van der Waals surface area contributed by atoms with E-state index in [9.17, 15) is 14.4 Å². The van der Waals surface area contributed by atoms with Crippen LogP contribution in [0.1, 0.15) is 48.2 Å². The number of fused-ring (bicyclic) bond motifs is 5. The van der Waals surface area contributed by atoms with Gasteiger partial charge >= 0.3 is 0 Å². The number of rotatable bonds is 3. The number of pyridine rings is 1. The fourth-order valence-electron chi connectivity index (χ4n) is 6.53. The molecule has 3 aromatic rings. The second kappa shape index (κ2) is 9.21. The summed E-state index contributed by atoms with van der Waals surface area (Å²) in [6.07, 6.45) is 3.02. The van der Waals surface area contributed by atoms with E-state index in [4.69, 9.17) is 0 Å².